The Balaban J connectivity index is 1.70. The maximum Gasteiger partial charge on any atom is 0.254 e. The van der Waals surface area contributed by atoms with E-state index in [4.69, 9.17) is 0 Å². The van der Waals surface area contributed by atoms with Crippen molar-refractivity contribution in [2.45, 2.75) is 32.6 Å². The molecule has 1 unspecified atom stereocenters. The van der Waals surface area contributed by atoms with Gasteiger partial charge in [0, 0.05) is 31.6 Å². The Morgan fingerprint density at radius 1 is 1.29 bits per heavy atom. The quantitative estimate of drug-likeness (QED) is 0.843. The summed E-state index contributed by atoms with van der Waals surface area (Å²) in [5, 5.41) is 3.84. The van der Waals surface area contributed by atoms with Crippen LogP contribution in [0.4, 0.5) is 0 Å². The largest absolute Gasteiger partial charge is 0.342 e. The Kier molecular flexibility index (Phi) is 4.02. The molecule has 1 spiro atoms. The number of hydrogen-bond acceptors (Lipinski definition) is 3. The van der Waals surface area contributed by atoms with Gasteiger partial charge in [0.05, 0.1) is 11.0 Å². The van der Waals surface area contributed by atoms with E-state index >= 15 is 0 Å². The first-order valence-corrected chi connectivity index (χ1v) is 8.71. The number of amides is 2. The van der Waals surface area contributed by atoms with Crippen molar-refractivity contribution in [2.75, 3.05) is 26.2 Å². The highest BCUT2D eigenvalue weighted by atomic mass is 32.1. The van der Waals surface area contributed by atoms with Crippen molar-refractivity contribution in [3.8, 4) is 0 Å². The highest BCUT2D eigenvalue weighted by Crippen LogP contribution is 2.41. The van der Waals surface area contributed by atoms with Crippen LogP contribution >= 0.6 is 11.3 Å². The van der Waals surface area contributed by atoms with E-state index in [1.54, 1.807) is 11.3 Å². The number of carbonyl (C=O) groups is 2. The van der Waals surface area contributed by atoms with Crippen molar-refractivity contribution in [1.29, 1.82) is 0 Å². The predicted molar refractivity (Wildman–Crippen MR) is 83.4 cm³/mol. The fraction of sp³-hybridized carbons (Fsp3) is 0.625. The molecule has 1 aromatic rings. The molecule has 0 aromatic carbocycles. The molecule has 2 fully saturated rings. The summed E-state index contributed by atoms with van der Waals surface area (Å²) in [6, 6.07) is 1.88. The molecule has 0 N–H and O–H groups in total. The van der Waals surface area contributed by atoms with E-state index in [1.165, 1.54) is 0 Å². The van der Waals surface area contributed by atoms with Crippen molar-refractivity contribution in [3.05, 3.63) is 22.4 Å². The van der Waals surface area contributed by atoms with Crippen LogP contribution in [-0.4, -0.2) is 47.8 Å². The number of nitrogens with zero attached hydrogens (tertiary/aromatic N) is 2. The topological polar surface area (TPSA) is 40.6 Å². The monoisotopic (exact) mass is 306 g/mol. The second-order valence-corrected chi connectivity index (χ2v) is 6.85. The van der Waals surface area contributed by atoms with Crippen LogP contribution < -0.4 is 0 Å². The molecule has 5 heteroatoms. The van der Waals surface area contributed by atoms with E-state index in [0.717, 1.165) is 50.9 Å². The summed E-state index contributed by atoms with van der Waals surface area (Å²) in [4.78, 5) is 28.9. The summed E-state index contributed by atoms with van der Waals surface area (Å²) in [6.45, 7) is 5.21. The molecule has 0 aliphatic carbocycles. The molecule has 114 valence electrons. The molecule has 1 aromatic heterocycles. The molecule has 21 heavy (non-hydrogen) atoms. The lowest BCUT2D eigenvalue weighted by atomic mass is 9.79. The van der Waals surface area contributed by atoms with Crippen molar-refractivity contribution in [1.82, 2.24) is 9.80 Å². The van der Waals surface area contributed by atoms with Crippen molar-refractivity contribution >= 4 is 23.2 Å². The first-order chi connectivity index (χ1) is 10.2. The Bertz CT molecular complexity index is 528. The maximum atomic E-state index is 12.6. The zero-order valence-electron chi connectivity index (χ0n) is 12.5. The van der Waals surface area contributed by atoms with Crippen LogP contribution in [0.25, 0.3) is 0 Å². The van der Waals surface area contributed by atoms with Gasteiger partial charge in [-0.15, -0.1) is 0 Å². The third-order valence-corrected chi connectivity index (χ3v) is 5.67. The average Bonchev–Trinajstić information content (AvgIpc) is 3.06. The van der Waals surface area contributed by atoms with Crippen molar-refractivity contribution < 1.29 is 9.59 Å². The third-order valence-electron chi connectivity index (χ3n) is 4.98. The predicted octanol–water partition coefficient (Wildman–Crippen LogP) is 2.61. The lowest BCUT2D eigenvalue weighted by molar-refractivity contribution is -0.136. The van der Waals surface area contributed by atoms with Gasteiger partial charge in [0.1, 0.15) is 0 Å². The lowest BCUT2D eigenvalue weighted by Gasteiger charge is -2.26. The Morgan fingerprint density at radius 2 is 2.10 bits per heavy atom. The minimum Gasteiger partial charge on any atom is -0.342 e. The molecule has 2 saturated heterocycles. The van der Waals surface area contributed by atoms with Gasteiger partial charge in [0.25, 0.3) is 5.91 Å². The number of thiophene rings is 1. The van der Waals surface area contributed by atoms with Gasteiger partial charge in [-0.05, 0) is 44.1 Å². The fourth-order valence-corrected chi connectivity index (χ4v) is 4.25. The van der Waals surface area contributed by atoms with E-state index in [9.17, 15) is 9.59 Å². The Hall–Kier alpha value is -1.36. The standard InChI is InChI=1S/C16H22N2O2S/c1-2-17-9-6-16(15(17)20)5-3-8-18(10-7-16)14(19)13-4-11-21-12-13/h4,11-12H,2-3,5-10H2,1H3. The molecule has 0 radical (unpaired) electrons. The summed E-state index contributed by atoms with van der Waals surface area (Å²) in [6.07, 6.45) is 3.63. The minimum absolute atomic E-state index is 0.117. The second kappa shape index (κ2) is 5.79. The van der Waals surface area contributed by atoms with Gasteiger partial charge in [-0.3, -0.25) is 9.59 Å². The lowest BCUT2D eigenvalue weighted by Crippen LogP contribution is -2.36. The first kappa shape index (κ1) is 14.6. The SMILES string of the molecule is CCN1CCC2(CCCN(C(=O)c3ccsc3)CC2)C1=O. The molecule has 3 rings (SSSR count). The van der Waals surface area contributed by atoms with Crippen LogP contribution in [0.15, 0.2) is 16.8 Å². The molecule has 2 aliphatic heterocycles. The summed E-state index contributed by atoms with van der Waals surface area (Å²) >= 11 is 1.55. The molecule has 1 atom stereocenters. The summed E-state index contributed by atoms with van der Waals surface area (Å²) in [7, 11) is 0. The number of rotatable bonds is 2. The summed E-state index contributed by atoms with van der Waals surface area (Å²) in [5.74, 6) is 0.431. The summed E-state index contributed by atoms with van der Waals surface area (Å²) < 4.78 is 0. The molecule has 2 amide bonds. The zero-order chi connectivity index (χ0) is 14.9. The van der Waals surface area contributed by atoms with Gasteiger partial charge in [0.2, 0.25) is 5.91 Å². The Labute approximate surface area is 129 Å². The highest BCUT2D eigenvalue weighted by Gasteiger charge is 2.46. The molecule has 0 saturated carbocycles. The normalized spacial score (nSPS) is 26.4. The van der Waals surface area contributed by atoms with Crippen molar-refractivity contribution in [2.24, 2.45) is 5.41 Å². The smallest absolute Gasteiger partial charge is 0.254 e. The molecule has 4 nitrogen and oxygen atoms in total. The Morgan fingerprint density at radius 3 is 2.76 bits per heavy atom. The zero-order valence-corrected chi connectivity index (χ0v) is 13.3. The second-order valence-electron chi connectivity index (χ2n) is 6.07. The number of carbonyl (C=O) groups excluding carboxylic acids is 2. The van der Waals surface area contributed by atoms with E-state index in [0.29, 0.717) is 12.5 Å². The van der Waals surface area contributed by atoms with E-state index < -0.39 is 0 Å². The first-order valence-electron chi connectivity index (χ1n) is 7.77. The van der Waals surface area contributed by atoms with E-state index in [-0.39, 0.29) is 11.3 Å². The number of likely N-dealkylation sites (tertiary alicyclic amines) is 2. The van der Waals surface area contributed by atoms with Crippen molar-refractivity contribution in [3.63, 3.8) is 0 Å². The fourth-order valence-electron chi connectivity index (χ4n) is 3.62. The van der Waals surface area contributed by atoms with Gasteiger partial charge in [-0.2, -0.15) is 11.3 Å². The van der Waals surface area contributed by atoms with Crippen LogP contribution in [0.1, 0.15) is 43.0 Å². The minimum atomic E-state index is -0.195. The van der Waals surface area contributed by atoms with Gasteiger partial charge in [0.15, 0.2) is 0 Å². The number of hydrogen-bond donors (Lipinski definition) is 0. The average molecular weight is 306 g/mol. The van der Waals surface area contributed by atoms with Gasteiger partial charge in [-0.25, -0.2) is 0 Å². The third kappa shape index (κ3) is 2.59. The highest BCUT2D eigenvalue weighted by molar-refractivity contribution is 7.08. The molecular formula is C16H22N2O2S. The molecule has 2 aliphatic rings. The van der Waals surface area contributed by atoms with Crippen LogP contribution in [0.3, 0.4) is 0 Å². The van der Waals surface area contributed by atoms with E-state index in [2.05, 4.69) is 0 Å². The van der Waals surface area contributed by atoms with Gasteiger partial charge >= 0.3 is 0 Å². The van der Waals surface area contributed by atoms with Crippen LogP contribution in [0.5, 0.6) is 0 Å². The van der Waals surface area contributed by atoms with Gasteiger partial charge in [-0.1, -0.05) is 0 Å². The van der Waals surface area contributed by atoms with Crippen LogP contribution in [-0.2, 0) is 4.79 Å². The summed E-state index contributed by atoms with van der Waals surface area (Å²) in [5.41, 5.74) is 0.587. The molecule has 0 bridgehead atoms. The maximum absolute atomic E-state index is 12.6. The van der Waals surface area contributed by atoms with Crippen LogP contribution in [0.2, 0.25) is 0 Å². The molecular weight excluding hydrogens is 284 g/mol. The van der Waals surface area contributed by atoms with Crippen LogP contribution in [0, 0.1) is 5.41 Å². The van der Waals surface area contributed by atoms with E-state index in [1.807, 2.05) is 33.6 Å². The molecule has 3 heterocycles. The van der Waals surface area contributed by atoms with Gasteiger partial charge < -0.3 is 9.80 Å².